The van der Waals surface area contributed by atoms with E-state index in [4.69, 9.17) is 9.72 Å². The zero-order valence-electron chi connectivity index (χ0n) is 19.0. The molecule has 2 aromatic carbocycles. The number of benzene rings is 2. The normalized spacial score (nSPS) is 13.4. The number of hydrogen-bond donors (Lipinski definition) is 1. The van der Waals surface area contributed by atoms with Crippen LogP contribution in [0.15, 0.2) is 54.6 Å². The molecule has 1 aromatic heterocycles. The van der Waals surface area contributed by atoms with E-state index >= 15 is 0 Å². The second kappa shape index (κ2) is 11.5. The number of fused-ring (bicyclic) bond motifs is 1. The highest BCUT2D eigenvalue weighted by molar-refractivity contribution is 5.81. The van der Waals surface area contributed by atoms with Crippen LogP contribution in [0.1, 0.15) is 37.9 Å². The van der Waals surface area contributed by atoms with Crippen molar-refractivity contribution in [2.45, 2.75) is 45.1 Å². The molecule has 1 saturated heterocycles. The van der Waals surface area contributed by atoms with Gasteiger partial charge in [0.2, 0.25) is 5.91 Å². The average molecular weight is 449 g/mol. The molecule has 0 radical (unpaired) electrons. The fourth-order valence-corrected chi connectivity index (χ4v) is 4.22. The molecule has 3 aromatic rings. The molecule has 174 valence electrons. The predicted octanol–water partition coefficient (Wildman–Crippen LogP) is 3.57. The monoisotopic (exact) mass is 448 g/mol. The first-order chi connectivity index (χ1) is 16.2. The first kappa shape index (κ1) is 22.8. The number of nitrogens with zero attached hydrogens (tertiary/aromatic N) is 3. The van der Waals surface area contributed by atoms with E-state index in [1.165, 1.54) is 0 Å². The Hall–Kier alpha value is -3.35. The van der Waals surface area contributed by atoms with Crippen molar-refractivity contribution in [3.63, 3.8) is 0 Å². The third kappa shape index (κ3) is 6.34. The van der Waals surface area contributed by atoms with Gasteiger partial charge >= 0.3 is 0 Å². The summed E-state index contributed by atoms with van der Waals surface area (Å²) in [6.07, 6.45) is 5.83. The van der Waals surface area contributed by atoms with E-state index in [-0.39, 0.29) is 18.4 Å². The number of carbonyl (C=O) groups excluding carboxylic acids is 2. The molecule has 0 unspecified atom stereocenters. The molecule has 1 N–H and O–H groups in total. The highest BCUT2D eigenvalue weighted by Gasteiger charge is 2.20. The Morgan fingerprint density at radius 1 is 0.939 bits per heavy atom. The molecule has 33 heavy (non-hydrogen) atoms. The van der Waals surface area contributed by atoms with Crippen molar-refractivity contribution in [2.24, 2.45) is 0 Å². The standard InChI is InChI=1S/C26H32N4O3/c31-25(20-33-21-11-3-1-4-12-21)27-16-8-2-5-15-24-28-22-13-6-7-14-23(22)30(24)19-26(32)29-17-9-10-18-29/h1,3-4,6-7,11-14H,2,5,8-10,15-20H2,(H,27,31). The SMILES string of the molecule is O=C(COc1ccccc1)NCCCCCc1nc2ccccc2n1CC(=O)N1CCCC1. The summed E-state index contributed by atoms with van der Waals surface area (Å²) in [7, 11) is 0. The fraction of sp³-hybridized carbons (Fsp3) is 0.423. The van der Waals surface area contributed by atoms with Crippen LogP contribution in [0.4, 0.5) is 0 Å². The predicted molar refractivity (Wildman–Crippen MR) is 128 cm³/mol. The van der Waals surface area contributed by atoms with Crippen LogP contribution in [0.25, 0.3) is 11.0 Å². The lowest BCUT2D eigenvalue weighted by atomic mass is 10.2. The van der Waals surface area contributed by atoms with Gasteiger partial charge in [-0.2, -0.15) is 0 Å². The van der Waals surface area contributed by atoms with E-state index in [1.54, 1.807) is 0 Å². The van der Waals surface area contributed by atoms with Gasteiger partial charge < -0.3 is 19.5 Å². The summed E-state index contributed by atoms with van der Waals surface area (Å²) >= 11 is 0. The van der Waals surface area contributed by atoms with E-state index in [0.29, 0.717) is 18.8 Å². The summed E-state index contributed by atoms with van der Waals surface area (Å²) in [6, 6.07) is 17.4. The maximum atomic E-state index is 12.8. The Bertz CT molecular complexity index is 1060. The van der Waals surface area contributed by atoms with Gasteiger partial charge in [0.1, 0.15) is 18.1 Å². The number of likely N-dealkylation sites (tertiary alicyclic amines) is 1. The number of amides is 2. The lowest BCUT2D eigenvalue weighted by molar-refractivity contribution is -0.130. The largest absolute Gasteiger partial charge is 0.484 e. The minimum atomic E-state index is -0.110. The fourth-order valence-electron chi connectivity index (χ4n) is 4.22. The zero-order chi connectivity index (χ0) is 22.9. The number of ether oxygens (including phenoxy) is 1. The molecule has 0 atom stereocenters. The van der Waals surface area contributed by atoms with Crippen molar-refractivity contribution in [2.75, 3.05) is 26.2 Å². The minimum Gasteiger partial charge on any atom is -0.484 e. The molecule has 7 nitrogen and oxygen atoms in total. The van der Waals surface area contributed by atoms with Crippen molar-refractivity contribution in [3.05, 3.63) is 60.4 Å². The second-order valence-corrected chi connectivity index (χ2v) is 8.45. The molecule has 0 aliphatic carbocycles. The third-order valence-corrected chi connectivity index (χ3v) is 6.00. The van der Waals surface area contributed by atoms with Crippen molar-refractivity contribution < 1.29 is 14.3 Å². The number of aromatic nitrogens is 2. The van der Waals surface area contributed by atoms with Gasteiger partial charge in [0, 0.05) is 26.1 Å². The first-order valence-electron chi connectivity index (χ1n) is 11.9. The van der Waals surface area contributed by atoms with Crippen molar-refractivity contribution >= 4 is 22.8 Å². The summed E-state index contributed by atoms with van der Waals surface area (Å²) in [5.74, 6) is 1.72. The van der Waals surface area contributed by atoms with Gasteiger partial charge in [-0.05, 0) is 49.9 Å². The molecule has 2 heterocycles. The first-order valence-corrected chi connectivity index (χ1v) is 11.9. The third-order valence-electron chi connectivity index (χ3n) is 6.00. The topological polar surface area (TPSA) is 76.5 Å². The van der Waals surface area contributed by atoms with Gasteiger partial charge in [-0.1, -0.05) is 36.8 Å². The molecule has 0 bridgehead atoms. The molecule has 7 heteroatoms. The number of carbonyl (C=O) groups is 2. The number of rotatable bonds is 11. The molecule has 1 aliphatic heterocycles. The summed E-state index contributed by atoms with van der Waals surface area (Å²) in [5, 5.41) is 2.91. The highest BCUT2D eigenvalue weighted by Crippen LogP contribution is 2.19. The number of imidazole rings is 1. The Morgan fingerprint density at radius 2 is 1.70 bits per heavy atom. The number of aryl methyl sites for hydroxylation is 1. The summed E-state index contributed by atoms with van der Waals surface area (Å²) in [4.78, 5) is 31.5. The Balaban J connectivity index is 1.22. The minimum absolute atomic E-state index is 0.0269. The number of hydrogen-bond acceptors (Lipinski definition) is 4. The van der Waals surface area contributed by atoms with Crippen LogP contribution in [0.3, 0.4) is 0 Å². The molecule has 4 rings (SSSR count). The zero-order valence-corrected chi connectivity index (χ0v) is 19.0. The Morgan fingerprint density at radius 3 is 2.52 bits per heavy atom. The van der Waals surface area contributed by atoms with Gasteiger partial charge in [-0.3, -0.25) is 9.59 Å². The average Bonchev–Trinajstić information content (AvgIpc) is 3.50. The molecule has 2 amide bonds. The van der Waals surface area contributed by atoms with Crippen LogP contribution in [0, 0.1) is 0 Å². The molecule has 1 aliphatic rings. The smallest absolute Gasteiger partial charge is 0.257 e. The lowest BCUT2D eigenvalue weighted by Crippen LogP contribution is -2.31. The van der Waals surface area contributed by atoms with Crippen molar-refractivity contribution in [3.8, 4) is 5.75 Å². The van der Waals surface area contributed by atoms with Gasteiger partial charge in [-0.15, -0.1) is 0 Å². The van der Waals surface area contributed by atoms with Gasteiger partial charge in [0.05, 0.1) is 11.0 Å². The van der Waals surface area contributed by atoms with Crippen LogP contribution in [-0.4, -0.2) is 52.5 Å². The highest BCUT2D eigenvalue weighted by atomic mass is 16.5. The maximum absolute atomic E-state index is 12.8. The summed E-state index contributed by atoms with van der Waals surface area (Å²) in [6.45, 7) is 2.74. The molecular weight excluding hydrogens is 416 g/mol. The van der Waals surface area contributed by atoms with Crippen molar-refractivity contribution in [1.29, 1.82) is 0 Å². The molecule has 1 fully saturated rings. The van der Waals surface area contributed by atoms with E-state index in [9.17, 15) is 9.59 Å². The number of para-hydroxylation sites is 3. The second-order valence-electron chi connectivity index (χ2n) is 8.45. The van der Waals surface area contributed by atoms with E-state index in [2.05, 4.69) is 9.88 Å². The Kier molecular flexibility index (Phi) is 7.95. The molecule has 0 saturated carbocycles. The maximum Gasteiger partial charge on any atom is 0.257 e. The van der Waals surface area contributed by atoms with Crippen LogP contribution < -0.4 is 10.1 Å². The van der Waals surface area contributed by atoms with Gasteiger partial charge in [0.15, 0.2) is 6.61 Å². The summed E-state index contributed by atoms with van der Waals surface area (Å²) in [5.41, 5.74) is 1.96. The number of unbranched alkanes of at least 4 members (excludes halogenated alkanes) is 2. The lowest BCUT2D eigenvalue weighted by Gasteiger charge is -2.17. The van der Waals surface area contributed by atoms with Gasteiger partial charge in [0.25, 0.3) is 5.91 Å². The van der Waals surface area contributed by atoms with Gasteiger partial charge in [-0.25, -0.2) is 4.98 Å². The Labute approximate surface area is 194 Å². The van der Waals surface area contributed by atoms with E-state index < -0.39 is 0 Å². The van der Waals surface area contributed by atoms with Crippen LogP contribution >= 0.6 is 0 Å². The molecule has 0 spiro atoms. The van der Waals surface area contributed by atoms with Crippen LogP contribution in [-0.2, 0) is 22.6 Å². The van der Waals surface area contributed by atoms with Crippen LogP contribution in [0.5, 0.6) is 5.75 Å². The quantitative estimate of drug-likeness (QED) is 0.455. The van der Waals surface area contributed by atoms with E-state index in [1.807, 2.05) is 59.5 Å². The van der Waals surface area contributed by atoms with Crippen molar-refractivity contribution in [1.82, 2.24) is 19.8 Å². The summed E-state index contributed by atoms with van der Waals surface area (Å²) < 4.78 is 7.54. The van der Waals surface area contributed by atoms with E-state index in [0.717, 1.165) is 68.5 Å². The van der Waals surface area contributed by atoms with Crippen LogP contribution in [0.2, 0.25) is 0 Å². The number of nitrogens with one attached hydrogen (secondary N) is 1. The molecular formula is C26H32N4O3.